The lowest BCUT2D eigenvalue weighted by atomic mass is 10.2. The number of carbonyl (C=O) groups is 2. The first-order valence-electron chi connectivity index (χ1n) is 9.02. The number of hydrogen-bond donors (Lipinski definition) is 1. The van der Waals surface area contributed by atoms with Crippen LogP contribution in [0.3, 0.4) is 0 Å². The lowest BCUT2D eigenvalue weighted by Crippen LogP contribution is -2.49. The fourth-order valence-corrected chi connectivity index (χ4v) is 3.40. The second kappa shape index (κ2) is 8.68. The van der Waals surface area contributed by atoms with Crippen LogP contribution in [0.4, 0.5) is 5.82 Å². The average molecular weight is 454 g/mol. The molecule has 0 aliphatic carbocycles. The van der Waals surface area contributed by atoms with Crippen molar-refractivity contribution in [3.8, 4) is 5.75 Å². The monoisotopic (exact) mass is 453 g/mol. The molecular formula is C18H17Cl2N5O5. The molecular weight excluding hydrogens is 437 g/mol. The summed E-state index contributed by atoms with van der Waals surface area (Å²) in [6.07, 6.45) is 2.22. The molecule has 0 aromatic carbocycles. The molecule has 1 saturated heterocycles. The van der Waals surface area contributed by atoms with Crippen LogP contribution in [0.25, 0.3) is 0 Å². The summed E-state index contributed by atoms with van der Waals surface area (Å²) in [5.74, 6) is -0.566. The Morgan fingerprint density at radius 3 is 2.83 bits per heavy atom. The van der Waals surface area contributed by atoms with Gasteiger partial charge in [0.2, 0.25) is 5.82 Å². The molecule has 2 aliphatic rings. The second-order valence-electron chi connectivity index (χ2n) is 6.57. The highest BCUT2D eigenvalue weighted by atomic mass is 35.5. The van der Waals surface area contributed by atoms with Crippen molar-refractivity contribution in [1.82, 2.24) is 20.3 Å². The standard InChI is InChI=1S/C18H17Cl2N5O5/c1-25-16-12(4-9(19)5-22-16)30-7-11(18(25)27)23-17(26)15-21-6-10(20)14(24-15)13-8-28-2-3-29-13/h4-6,11,13H,2-3,7-8H2,1H3,(H,23,26)/t11-,13-/m0/s1. The smallest absolute Gasteiger partial charge is 0.289 e. The Kier molecular flexibility index (Phi) is 6.00. The molecule has 2 aliphatic heterocycles. The number of pyridine rings is 1. The molecule has 0 radical (unpaired) electrons. The molecule has 0 spiro atoms. The molecule has 158 valence electrons. The summed E-state index contributed by atoms with van der Waals surface area (Å²) < 4.78 is 16.6. The van der Waals surface area contributed by atoms with Crippen molar-refractivity contribution in [2.45, 2.75) is 12.1 Å². The zero-order chi connectivity index (χ0) is 21.3. The Balaban J connectivity index is 1.52. The zero-order valence-electron chi connectivity index (χ0n) is 15.8. The van der Waals surface area contributed by atoms with Gasteiger partial charge < -0.3 is 19.5 Å². The number of amides is 2. The van der Waals surface area contributed by atoms with E-state index in [4.69, 9.17) is 37.4 Å². The van der Waals surface area contributed by atoms with Crippen LogP contribution >= 0.6 is 23.2 Å². The molecule has 2 amide bonds. The molecule has 2 aromatic heterocycles. The van der Waals surface area contributed by atoms with Crippen LogP contribution in [0.1, 0.15) is 22.4 Å². The van der Waals surface area contributed by atoms with Crippen LogP contribution in [-0.4, -0.2) is 66.3 Å². The van der Waals surface area contributed by atoms with E-state index in [1.54, 1.807) is 6.07 Å². The molecule has 30 heavy (non-hydrogen) atoms. The number of nitrogens with zero attached hydrogens (tertiary/aromatic N) is 4. The summed E-state index contributed by atoms with van der Waals surface area (Å²) in [6.45, 7) is 1.03. The van der Waals surface area contributed by atoms with Crippen molar-refractivity contribution < 1.29 is 23.8 Å². The lowest BCUT2D eigenvalue weighted by Gasteiger charge is -2.23. The molecule has 1 N–H and O–H groups in total. The van der Waals surface area contributed by atoms with Crippen LogP contribution in [-0.2, 0) is 14.3 Å². The van der Waals surface area contributed by atoms with Crippen molar-refractivity contribution >= 4 is 40.8 Å². The number of aromatic nitrogens is 3. The third-order valence-corrected chi connectivity index (χ3v) is 5.05. The van der Waals surface area contributed by atoms with Gasteiger partial charge in [0.25, 0.3) is 11.8 Å². The molecule has 0 bridgehead atoms. The van der Waals surface area contributed by atoms with Gasteiger partial charge in [0.1, 0.15) is 18.8 Å². The quantitative estimate of drug-likeness (QED) is 0.741. The predicted octanol–water partition coefficient (Wildman–Crippen LogP) is 1.42. The number of likely N-dealkylation sites (N-methyl/N-ethyl adjacent to an activating group) is 1. The average Bonchev–Trinajstić information content (AvgIpc) is 2.86. The van der Waals surface area contributed by atoms with Gasteiger partial charge in [-0.25, -0.2) is 15.0 Å². The Hall–Kier alpha value is -2.53. The Bertz CT molecular complexity index is 985. The molecule has 1 fully saturated rings. The number of anilines is 1. The highest BCUT2D eigenvalue weighted by molar-refractivity contribution is 6.31. The van der Waals surface area contributed by atoms with Gasteiger partial charge in [-0.05, 0) is 0 Å². The molecule has 12 heteroatoms. The van der Waals surface area contributed by atoms with Crippen molar-refractivity contribution in [2.24, 2.45) is 0 Å². The molecule has 10 nitrogen and oxygen atoms in total. The second-order valence-corrected chi connectivity index (χ2v) is 7.41. The Labute approximate surface area is 181 Å². The van der Waals surface area contributed by atoms with E-state index in [1.807, 2.05) is 0 Å². The minimum atomic E-state index is -0.979. The first kappa shape index (κ1) is 20.7. The van der Waals surface area contributed by atoms with Crippen LogP contribution in [0.15, 0.2) is 18.5 Å². The van der Waals surface area contributed by atoms with E-state index < -0.39 is 24.0 Å². The number of fused-ring (bicyclic) bond motifs is 1. The van der Waals surface area contributed by atoms with Gasteiger partial charge in [-0.3, -0.25) is 14.5 Å². The molecule has 2 atom stereocenters. The van der Waals surface area contributed by atoms with Crippen molar-refractivity contribution in [3.05, 3.63) is 40.0 Å². The first-order valence-corrected chi connectivity index (χ1v) is 9.78. The zero-order valence-corrected chi connectivity index (χ0v) is 17.3. The summed E-state index contributed by atoms with van der Waals surface area (Å²) in [5, 5.41) is 3.23. The molecule has 2 aromatic rings. The first-order chi connectivity index (χ1) is 14.4. The minimum Gasteiger partial charge on any atom is -0.487 e. The van der Waals surface area contributed by atoms with E-state index in [1.165, 1.54) is 24.3 Å². The number of hydrogen-bond acceptors (Lipinski definition) is 8. The summed E-state index contributed by atoms with van der Waals surface area (Å²) in [4.78, 5) is 39.1. The van der Waals surface area contributed by atoms with Crippen molar-refractivity contribution in [1.29, 1.82) is 0 Å². The Morgan fingerprint density at radius 2 is 2.07 bits per heavy atom. The third-order valence-electron chi connectivity index (χ3n) is 4.55. The van der Waals surface area contributed by atoms with Crippen LogP contribution in [0.2, 0.25) is 10.0 Å². The largest absolute Gasteiger partial charge is 0.487 e. The van der Waals surface area contributed by atoms with Crippen molar-refractivity contribution in [3.63, 3.8) is 0 Å². The predicted molar refractivity (Wildman–Crippen MR) is 106 cm³/mol. The molecule has 4 rings (SSSR count). The molecule has 4 heterocycles. The van der Waals surface area contributed by atoms with Crippen molar-refractivity contribution in [2.75, 3.05) is 38.4 Å². The maximum absolute atomic E-state index is 12.8. The van der Waals surface area contributed by atoms with Gasteiger partial charge in [0.15, 0.2) is 11.6 Å². The third kappa shape index (κ3) is 4.17. The number of rotatable bonds is 3. The fourth-order valence-electron chi connectivity index (χ4n) is 3.04. The van der Waals surface area contributed by atoms with E-state index >= 15 is 0 Å². The van der Waals surface area contributed by atoms with Crippen LogP contribution in [0, 0.1) is 0 Å². The van der Waals surface area contributed by atoms with E-state index in [9.17, 15) is 9.59 Å². The van der Waals surface area contributed by atoms with Gasteiger partial charge in [-0.2, -0.15) is 0 Å². The topological polar surface area (TPSA) is 116 Å². The molecule has 0 saturated carbocycles. The normalized spacial score (nSPS) is 21.4. The number of halogens is 2. The minimum absolute atomic E-state index is 0.107. The SMILES string of the molecule is CN1C(=O)[C@@H](NC(=O)c2ncc(Cl)c([C@@H]3COCCO3)n2)COc2cc(Cl)cnc21. The summed E-state index contributed by atoms with van der Waals surface area (Å²) in [5.41, 5.74) is 0.350. The lowest BCUT2D eigenvalue weighted by molar-refractivity contribution is -0.120. The van der Waals surface area contributed by atoms with Gasteiger partial charge in [-0.15, -0.1) is 0 Å². The van der Waals surface area contributed by atoms with Gasteiger partial charge >= 0.3 is 0 Å². The van der Waals surface area contributed by atoms with Crippen LogP contribution < -0.4 is 15.0 Å². The summed E-state index contributed by atoms with van der Waals surface area (Å²) >= 11 is 12.1. The van der Waals surface area contributed by atoms with E-state index in [-0.39, 0.29) is 24.1 Å². The fraction of sp³-hybridized carbons (Fsp3) is 0.389. The van der Waals surface area contributed by atoms with E-state index in [0.717, 1.165) is 0 Å². The van der Waals surface area contributed by atoms with Gasteiger partial charge in [0.05, 0.1) is 41.8 Å². The van der Waals surface area contributed by atoms with Gasteiger partial charge in [-0.1, -0.05) is 23.2 Å². The van der Waals surface area contributed by atoms with Gasteiger partial charge in [0, 0.05) is 19.3 Å². The van der Waals surface area contributed by atoms with E-state index in [2.05, 4.69) is 20.3 Å². The highest BCUT2D eigenvalue weighted by Crippen LogP contribution is 2.30. The Morgan fingerprint density at radius 1 is 1.23 bits per heavy atom. The van der Waals surface area contributed by atoms with Crippen LogP contribution in [0.5, 0.6) is 5.75 Å². The number of ether oxygens (including phenoxy) is 3. The number of carbonyl (C=O) groups excluding carboxylic acids is 2. The summed E-state index contributed by atoms with van der Waals surface area (Å²) in [6, 6.07) is 0.575. The molecule has 0 unspecified atom stereocenters. The number of nitrogens with one attached hydrogen (secondary N) is 1. The van der Waals surface area contributed by atoms with E-state index in [0.29, 0.717) is 35.5 Å². The maximum atomic E-state index is 12.8. The summed E-state index contributed by atoms with van der Waals surface area (Å²) in [7, 11) is 1.53. The maximum Gasteiger partial charge on any atom is 0.289 e. The highest BCUT2D eigenvalue weighted by Gasteiger charge is 2.32.